The van der Waals surface area contributed by atoms with Crippen LogP contribution in [-0.2, 0) is 4.79 Å². The number of hydrogen-bond acceptors (Lipinski definition) is 2. The van der Waals surface area contributed by atoms with E-state index in [2.05, 4.69) is 0 Å². The molecule has 17 heavy (non-hydrogen) atoms. The van der Waals surface area contributed by atoms with Crippen LogP contribution in [0.5, 0.6) is 5.75 Å². The van der Waals surface area contributed by atoms with Crippen LogP contribution in [-0.4, -0.2) is 18.2 Å². The van der Waals surface area contributed by atoms with E-state index in [0.29, 0.717) is 0 Å². The molecule has 0 bridgehead atoms. The lowest BCUT2D eigenvalue weighted by Crippen LogP contribution is -1.88. The lowest BCUT2D eigenvalue weighted by Gasteiger charge is -2.07. The second-order valence-corrected chi connectivity index (χ2v) is 3.57. The fourth-order valence-electron chi connectivity index (χ4n) is 1.78. The van der Waals surface area contributed by atoms with Gasteiger partial charge in [-0.2, -0.15) is 0 Å². The third-order valence-electron chi connectivity index (χ3n) is 2.54. The summed E-state index contributed by atoms with van der Waals surface area (Å²) in [6.07, 6.45) is 2.72. The Bertz CT molecular complexity index is 585. The molecule has 0 saturated heterocycles. The van der Waals surface area contributed by atoms with Crippen molar-refractivity contribution >= 4 is 22.8 Å². The van der Waals surface area contributed by atoms with Gasteiger partial charge < -0.3 is 9.84 Å². The van der Waals surface area contributed by atoms with E-state index >= 15 is 0 Å². The highest BCUT2D eigenvalue weighted by atomic mass is 16.5. The molecule has 1 N–H and O–H groups in total. The van der Waals surface area contributed by atoms with Gasteiger partial charge in [-0.1, -0.05) is 30.3 Å². The molecule has 0 aliphatic carbocycles. The molecule has 0 aromatic heterocycles. The van der Waals surface area contributed by atoms with E-state index in [0.717, 1.165) is 28.2 Å². The normalized spacial score (nSPS) is 10.9. The Morgan fingerprint density at radius 3 is 2.53 bits per heavy atom. The van der Waals surface area contributed by atoms with Crippen LogP contribution in [0.2, 0.25) is 0 Å². The molecule has 0 aliphatic rings. The molecule has 0 radical (unpaired) electrons. The predicted octanol–water partition coefficient (Wildman–Crippen LogP) is 2.95. The Kier molecular flexibility index (Phi) is 3.10. The minimum atomic E-state index is -0.954. The van der Waals surface area contributed by atoms with Gasteiger partial charge in [-0.15, -0.1) is 0 Å². The summed E-state index contributed by atoms with van der Waals surface area (Å²) in [5, 5.41) is 10.6. The number of carboxylic acid groups (broad SMARTS) is 1. The molecule has 3 heteroatoms. The van der Waals surface area contributed by atoms with E-state index < -0.39 is 5.97 Å². The number of hydrogen-bond donors (Lipinski definition) is 1. The number of methoxy groups -OCH3 is 1. The molecular weight excluding hydrogens is 216 g/mol. The molecule has 2 aromatic carbocycles. The largest absolute Gasteiger partial charge is 0.496 e. The average Bonchev–Trinajstić information content (AvgIpc) is 2.35. The standard InChI is InChI=1S/C14H12O3/c1-17-13-8-6-10(7-9-14(15)16)11-4-2-3-5-12(11)13/h2-9H,1H3,(H,15,16)/b9-7+. The fourth-order valence-corrected chi connectivity index (χ4v) is 1.78. The van der Waals surface area contributed by atoms with Gasteiger partial charge >= 0.3 is 5.97 Å². The summed E-state index contributed by atoms with van der Waals surface area (Å²) < 4.78 is 5.27. The van der Waals surface area contributed by atoms with Gasteiger partial charge in [0.1, 0.15) is 5.75 Å². The number of ether oxygens (including phenoxy) is 1. The zero-order chi connectivity index (χ0) is 12.3. The lowest BCUT2D eigenvalue weighted by atomic mass is 10.0. The maximum Gasteiger partial charge on any atom is 0.328 e. The summed E-state index contributed by atoms with van der Waals surface area (Å²) in [7, 11) is 1.62. The number of fused-ring (bicyclic) bond motifs is 1. The van der Waals surface area contributed by atoms with Crippen molar-refractivity contribution in [3.8, 4) is 5.75 Å². The third-order valence-corrected chi connectivity index (χ3v) is 2.54. The molecule has 2 aromatic rings. The highest BCUT2D eigenvalue weighted by Crippen LogP contribution is 2.28. The quantitative estimate of drug-likeness (QED) is 0.821. The Labute approximate surface area is 99.0 Å². The van der Waals surface area contributed by atoms with Crippen molar-refractivity contribution < 1.29 is 14.6 Å². The van der Waals surface area contributed by atoms with Crippen molar-refractivity contribution in [3.05, 3.63) is 48.0 Å². The molecule has 0 fully saturated rings. The van der Waals surface area contributed by atoms with Crippen molar-refractivity contribution in [2.75, 3.05) is 7.11 Å². The number of aliphatic carboxylic acids is 1. The summed E-state index contributed by atoms with van der Waals surface area (Å²) in [4.78, 5) is 10.5. The maximum atomic E-state index is 10.5. The Morgan fingerprint density at radius 2 is 1.88 bits per heavy atom. The summed E-state index contributed by atoms with van der Waals surface area (Å²) in [5.41, 5.74) is 0.865. The Morgan fingerprint density at radius 1 is 1.18 bits per heavy atom. The molecule has 2 rings (SSSR count). The van der Waals surface area contributed by atoms with Crippen LogP contribution in [0.4, 0.5) is 0 Å². The van der Waals surface area contributed by atoms with Crippen molar-refractivity contribution in [1.82, 2.24) is 0 Å². The van der Waals surface area contributed by atoms with E-state index in [-0.39, 0.29) is 0 Å². The zero-order valence-electron chi connectivity index (χ0n) is 9.38. The van der Waals surface area contributed by atoms with Crippen LogP contribution in [0.3, 0.4) is 0 Å². The van der Waals surface area contributed by atoms with E-state index in [4.69, 9.17) is 9.84 Å². The van der Waals surface area contributed by atoms with Gasteiger partial charge in [-0.3, -0.25) is 0 Å². The monoisotopic (exact) mass is 228 g/mol. The SMILES string of the molecule is COc1ccc(/C=C/C(=O)O)c2ccccc12. The topological polar surface area (TPSA) is 46.5 Å². The third kappa shape index (κ3) is 2.28. The number of benzene rings is 2. The van der Waals surface area contributed by atoms with Crippen LogP contribution in [0.15, 0.2) is 42.5 Å². The van der Waals surface area contributed by atoms with Gasteiger partial charge in [0.05, 0.1) is 7.11 Å². The average molecular weight is 228 g/mol. The van der Waals surface area contributed by atoms with Crippen molar-refractivity contribution in [1.29, 1.82) is 0 Å². The molecule has 0 unspecified atom stereocenters. The molecule has 0 spiro atoms. The van der Waals surface area contributed by atoms with Gasteiger partial charge in [-0.05, 0) is 23.1 Å². The van der Waals surface area contributed by atoms with E-state index in [1.54, 1.807) is 13.2 Å². The second kappa shape index (κ2) is 4.70. The van der Waals surface area contributed by atoms with Crippen molar-refractivity contribution in [3.63, 3.8) is 0 Å². The maximum absolute atomic E-state index is 10.5. The van der Waals surface area contributed by atoms with E-state index in [1.807, 2.05) is 36.4 Å². The summed E-state index contributed by atoms with van der Waals surface area (Å²) in [6, 6.07) is 11.4. The lowest BCUT2D eigenvalue weighted by molar-refractivity contribution is -0.131. The molecule has 0 atom stereocenters. The van der Waals surface area contributed by atoms with Crippen LogP contribution in [0.25, 0.3) is 16.8 Å². The van der Waals surface area contributed by atoms with Crippen LogP contribution < -0.4 is 4.74 Å². The molecule has 3 nitrogen and oxygen atoms in total. The van der Waals surface area contributed by atoms with Gasteiger partial charge in [-0.25, -0.2) is 4.79 Å². The molecule has 0 amide bonds. The van der Waals surface area contributed by atoms with Gasteiger partial charge in [0.2, 0.25) is 0 Å². The Hall–Kier alpha value is -2.29. The highest BCUT2D eigenvalue weighted by molar-refractivity contribution is 5.97. The van der Waals surface area contributed by atoms with Crippen LogP contribution >= 0.6 is 0 Å². The minimum absolute atomic E-state index is 0.785. The first kappa shape index (κ1) is 11.2. The fraction of sp³-hybridized carbons (Fsp3) is 0.0714. The van der Waals surface area contributed by atoms with Crippen LogP contribution in [0.1, 0.15) is 5.56 Å². The second-order valence-electron chi connectivity index (χ2n) is 3.57. The first-order valence-corrected chi connectivity index (χ1v) is 5.19. The Balaban J connectivity index is 2.62. The molecule has 86 valence electrons. The van der Waals surface area contributed by atoms with Gasteiger partial charge in [0, 0.05) is 11.5 Å². The molecular formula is C14H12O3. The summed E-state index contributed by atoms with van der Waals surface area (Å²) in [5.74, 6) is -0.169. The number of carbonyl (C=O) groups is 1. The van der Waals surface area contributed by atoms with Crippen molar-refractivity contribution in [2.45, 2.75) is 0 Å². The zero-order valence-corrected chi connectivity index (χ0v) is 9.38. The summed E-state index contributed by atoms with van der Waals surface area (Å²) >= 11 is 0. The predicted molar refractivity (Wildman–Crippen MR) is 67.2 cm³/mol. The van der Waals surface area contributed by atoms with E-state index in [9.17, 15) is 4.79 Å². The highest BCUT2D eigenvalue weighted by Gasteiger charge is 2.03. The number of rotatable bonds is 3. The van der Waals surface area contributed by atoms with Gasteiger partial charge in [0.15, 0.2) is 0 Å². The molecule has 0 saturated carbocycles. The van der Waals surface area contributed by atoms with E-state index in [1.165, 1.54) is 0 Å². The first-order chi connectivity index (χ1) is 8.22. The number of carboxylic acids is 1. The molecule has 0 aliphatic heterocycles. The van der Waals surface area contributed by atoms with Crippen LogP contribution in [0, 0.1) is 0 Å². The smallest absolute Gasteiger partial charge is 0.328 e. The minimum Gasteiger partial charge on any atom is -0.496 e. The molecule has 0 heterocycles. The summed E-state index contributed by atoms with van der Waals surface area (Å²) in [6.45, 7) is 0. The first-order valence-electron chi connectivity index (χ1n) is 5.19. The van der Waals surface area contributed by atoms with Crippen molar-refractivity contribution in [2.24, 2.45) is 0 Å². The van der Waals surface area contributed by atoms with Gasteiger partial charge in [0.25, 0.3) is 0 Å².